The predicted octanol–water partition coefficient (Wildman–Crippen LogP) is 4.55. The topological polar surface area (TPSA) is 89.5 Å². The van der Waals surface area contributed by atoms with Gasteiger partial charge in [0, 0.05) is 13.5 Å². The van der Waals surface area contributed by atoms with Gasteiger partial charge in [-0.25, -0.2) is 0 Å². The molecule has 0 amide bonds. The van der Waals surface area contributed by atoms with Gasteiger partial charge in [-0.15, -0.1) is 0 Å². The number of hydrogen-bond acceptors (Lipinski definition) is 8. The van der Waals surface area contributed by atoms with Crippen molar-refractivity contribution in [2.45, 2.75) is 51.5 Å². The Bertz CT molecular complexity index is 512. The molecule has 0 saturated carbocycles. The van der Waals surface area contributed by atoms with Crippen molar-refractivity contribution in [3.05, 3.63) is 11.8 Å². The van der Waals surface area contributed by atoms with Crippen molar-refractivity contribution in [1.29, 1.82) is 0 Å². The summed E-state index contributed by atoms with van der Waals surface area (Å²) in [7, 11) is -4.74. The van der Waals surface area contributed by atoms with Crippen LogP contribution in [0.25, 0.3) is 0 Å². The molecule has 0 aromatic carbocycles. The van der Waals surface area contributed by atoms with Gasteiger partial charge < -0.3 is 27.6 Å². The van der Waals surface area contributed by atoms with Crippen LogP contribution in [0.15, 0.2) is 11.8 Å². The maximum absolute atomic E-state index is 13.8. The van der Waals surface area contributed by atoms with Gasteiger partial charge in [-0.3, -0.25) is 9.13 Å². The second-order valence-electron chi connectivity index (χ2n) is 5.59. The normalized spacial score (nSPS) is 20.7. The summed E-state index contributed by atoms with van der Waals surface area (Å²) in [4.78, 5) is -1.51. The molecule has 8 nitrogen and oxygen atoms in total. The molecule has 0 radical (unpaired) electrons. The summed E-state index contributed by atoms with van der Waals surface area (Å²) in [6.07, 6.45) is 1.30. The molecule has 154 valence electrons. The van der Waals surface area contributed by atoms with Crippen LogP contribution < -0.4 is 0 Å². The molecule has 10 heteroatoms. The van der Waals surface area contributed by atoms with Gasteiger partial charge in [0.15, 0.2) is 4.90 Å². The van der Waals surface area contributed by atoms with Gasteiger partial charge in [0.1, 0.15) is 11.9 Å². The highest BCUT2D eigenvalue weighted by atomic mass is 31.2. The van der Waals surface area contributed by atoms with Crippen molar-refractivity contribution in [3.63, 3.8) is 0 Å². The van der Waals surface area contributed by atoms with Crippen LogP contribution in [0.3, 0.4) is 0 Å². The summed E-state index contributed by atoms with van der Waals surface area (Å²) in [6, 6.07) is 0. The van der Waals surface area contributed by atoms with E-state index in [2.05, 4.69) is 0 Å². The highest BCUT2D eigenvalue weighted by Gasteiger charge is 2.66. The van der Waals surface area contributed by atoms with E-state index in [1.165, 1.54) is 14.2 Å². The second kappa shape index (κ2) is 10.4. The first-order valence-electron chi connectivity index (χ1n) is 8.88. The molecule has 1 atom stereocenters. The molecular formula is C16H32O8P2. The molecule has 0 bridgehead atoms. The van der Waals surface area contributed by atoms with Gasteiger partial charge in [-0.1, -0.05) is 0 Å². The van der Waals surface area contributed by atoms with E-state index in [-0.39, 0.29) is 39.3 Å². The van der Waals surface area contributed by atoms with Crippen LogP contribution >= 0.6 is 15.2 Å². The molecule has 0 fully saturated rings. The minimum absolute atomic E-state index is 0.0672. The molecule has 1 aliphatic rings. The molecule has 1 aliphatic carbocycles. The summed E-state index contributed by atoms with van der Waals surface area (Å²) in [6.45, 7) is 7.37. The molecule has 1 rings (SSSR count). The van der Waals surface area contributed by atoms with Gasteiger partial charge in [-0.2, -0.15) is 0 Å². The lowest BCUT2D eigenvalue weighted by Crippen LogP contribution is -2.40. The number of rotatable bonds is 12. The molecular weight excluding hydrogens is 382 g/mol. The smallest absolute Gasteiger partial charge is 0.349 e. The minimum Gasteiger partial charge on any atom is -0.499 e. The lowest BCUT2D eigenvalue weighted by molar-refractivity contribution is 0.0537. The lowest BCUT2D eigenvalue weighted by Gasteiger charge is -2.45. The minimum atomic E-state index is -3.89. The molecule has 0 saturated heterocycles. The summed E-state index contributed by atoms with van der Waals surface area (Å²) >= 11 is 0. The van der Waals surface area contributed by atoms with Crippen molar-refractivity contribution >= 4 is 15.2 Å². The fourth-order valence-electron chi connectivity index (χ4n) is 3.12. The number of hydrogen-bond donors (Lipinski definition) is 0. The Morgan fingerprint density at radius 1 is 0.923 bits per heavy atom. The van der Waals surface area contributed by atoms with Crippen molar-refractivity contribution in [1.82, 2.24) is 0 Å². The Labute approximate surface area is 156 Å². The number of ether oxygens (including phenoxy) is 2. The van der Waals surface area contributed by atoms with Crippen molar-refractivity contribution < 1.29 is 36.7 Å². The van der Waals surface area contributed by atoms with Crippen LogP contribution in [0.4, 0.5) is 0 Å². The Morgan fingerprint density at radius 2 is 1.35 bits per heavy atom. The third kappa shape index (κ3) is 4.44. The first-order valence-corrected chi connectivity index (χ1v) is 12.0. The molecule has 0 aliphatic heterocycles. The van der Waals surface area contributed by atoms with Crippen LogP contribution in [0.2, 0.25) is 0 Å². The van der Waals surface area contributed by atoms with E-state index >= 15 is 0 Å². The third-order valence-electron chi connectivity index (χ3n) is 4.20. The zero-order chi connectivity index (χ0) is 19.8. The number of methoxy groups -OCH3 is 2. The van der Waals surface area contributed by atoms with Crippen LogP contribution in [0, 0.1) is 0 Å². The van der Waals surface area contributed by atoms with Crippen LogP contribution in [0.5, 0.6) is 0 Å². The van der Waals surface area contributed by atoms with E-state index in [0.29, 0.717) is 5.76 Å². The molecule has 0 aromatic rings. The van der Waals surface area contributed by atoms with Crippen molar-refractivity contribution in [3.8, 4) is 0 Å². The van der Waals surface area contributed by atoms with Crippen LogP contribution in [-0.2, 0) is 36.7 Å². The third-order valence-corrected chi connectivity index (χ3v) is 10.8. The zero-order valence-corrected chi connectivity index (χ0v) is 18.3. The molecule has 0 N–H and O–H groups in total. The van der Waals surface area contributed by atoms with Crippen molar-refractivity contribution in [2.24, 2.45) is 0 Å². The Hall–Kier alpha value is -0.200. The summed E-state index contributed by atoms with van der Waals surface area (Å²) < 4.78 is 60.9. The zero-order valence-electron chi connectivity index (χ0n) is 16.6. The second-order valence-corrected chi connectivity index (χ2v) is 10.7. The quantitative estimate of drug-likeness (QED) is 0.430. The first-order chi connectivity index (χ1) is 12.3. The molecule has 0 spiro atoms. The molecule has 0 aromatic heterocycles. The lowest BCUT2D eigenvalue weighted by atomic mass is 10.0. The number of allylic oxidation sites excluding steroid dienone is 1. The fourth-order valence-corrected chi connectivity index (χ4v) is 8.89. The highest BCUT2D eigenvalue weighted by Crippen LogP contribution is 2.81. The summed E-state index contributed by atoms with van der Waals surface area (Å²) in [5.41, 5.74) is 0. The van der Waals surface area contributed by atoms with Gasteiger partial charge in [0.2, 0.25) is 0 Å². The fraction of sp³-hybridized carbons (Fsp3) is 0.875. The SMILES string of the molecule is CCOP(=O)(OCC)C1(P(=O)(OCC)OCC)CC=C(OC)C(OC)C1. The van der Waals surface area contributed by atoms with Gasteiger partial charge in [0.25, 0.3) is 0 Å². The van der Waals surface area contributed by atoms with Gasteiger partial charge in [-0.05, 0) is 40.2 Å². The molecule has 1 unspecified atom stereocenters. The van der Waals surface area contributed by atoms with E-state index in [1.807, 2.05) is 0 Å². The standard InChI is InChI=1S/C16H32O8P2/c1-7-21-25(17,22-8-2)16(26(18,23-9-3)24-10-4)12-11-14(19-5)15(13-16)20-6/h11,15H,7-10,12-13H2,1-6H3. The summed E-state index contributed by atoms with van der Waals surface area (Å²) in [5.74, 6) is 0.571. The first kappa shape index (κ1) is 23.8. The molecule has 0 heterocycles. The average molecular weight is 414 g/mol. The van der Waals surface area contributed by atoms with E-state index in [9.17, 15) is 9.13 Å². The highest BCUT2D eigenvalue weighted by molar-refractivity contribution is 7.74. The van der Waals surface area contributed by atoms with E-state index in [4.69, 9.17) is 27.6 Å². The maximum Gasteiger partial charge on any atom is 0.349 e. The average Bonchev–Trinajstić information content (AvgIpc) is 2.61. The maximum atomic E-state index is 13.8. The van der Waals surface area contributed by atoms with Gasteiger partial charge in [0.05, 0.1) is 33.5 Å². The van der Waals surface area contributed by atoms with Crippen LogP contribution in [0.1, 0.15) is 40.5 Å². The molecule has 26 heavy (non-hydrogen) atoms. The Morgan fingerprint density at radius 3 is 1.65 bits per heavy atom. The Balaban J connectivity index is 3.63. The predicted molar refractivity (Wildman–Crippen MR) is 99.6 cm³/mol. The largest absolute Gasteiger partial charge is 0.499 e. The van der Waals surface area contributed by atoms with Crippen LogP contribution in [-0.4, -0.2) is 51.6 Å². The van der Waals surface area contributed by atoms with E-state index in [1.54, 1.807) is 33.8 Å². The van der Waals surface area contributed by atoms with Crippen molar-refractivity contribution in [2.75, 3.05) is 40.6 Å². The van der Waals surface area contributed by atoms with Gasteiger partial charge >= 0.3 is 15.2 Å². The monoisotopic (exact) mass is 414 g/mol. The van der Waals surface area contributed by atoms with E-state index in [0.717, 1.165) is 0 Å². The van der Waals surface area contributed by atoms with E-state index < -0.39 is 26.2 Å². The Kier molecular flexibility index (Phi) is 9.51. The summed E-state index contributed by atoms with van der Waals surface area (Å²) in [5, 5.41) is 0.